The molecule has 0 aliphatic rings. The van der Waals surface area contributed by atoms with Gasteiger partial charge in [0.1, 0.15) is 5.75 Å². The van der Waals surface area contributed by atoms with E-state index in [1.165, 1.54) is 17.0 Å². The molecule has 2 aromatic rings. The number of anilines is 1. The topological polar surface area (TPSA) is 94.5 Å². The fraction of sp³-hybridized carbons (Fsp3) is 0.353. The van der Waals surface area contributed by atoms with E-state index in [0.717, 1.165) is 11.3 Å². The molecule has 1 aromatic heterocycles. The van der Waals surface area contributed by atoms with Gasteiger partial charge in [0.15, 0.2) is 0 Å². The number of rotatable bonds is 7. The molecule has 2 N–H and O–H groups in total. The zero-order valence-electron chi connectivity index (χ0n) is 14.5. The van der Waals surface area contributed by atoms with E-state index in [2.05, 4.69) is 15.6 Å². The molecule has 8 heteroatoms. The van der Waals surface area contributed by atoms with E-state index in [4.69, 9.17) is 9.47 Å². The maximum Gasteiger partial charge on any atom is 0.321 e. The van der Waals surface area contributed by atoms with Crippen LogP contribution >= 0.6 is 0 Å². The summed E-state index contributed by atoms with van der Waals surface area (Å²) in [6.07, 6.45) is 2.95. The molecule has 1 atom stereocenters. The van der Waals surface area contributed by atoms with E-state index in [1.807, 2.05) is 31.2 Å². The van der Waals surface area contributed by atoms with Gasteiger partial charge in [-0.25, -0.2) is 9.78 Å². The lowest BCUT2D eigenvalue weighted by Gasteiger charge is -2.19. The number of methoxy groups -OCH3 is 1. The van der Waals surface area contributed by atoms with Crippen LogP contribution in [0.15, 0.2) is 41.5 Å². The fourth-order valence-electron chi connectivity index (χ4n) is 2.24. The van der Waals surface area contributed by atoms with Crippen LogP contribution in [0.5, 0.6) is 5.75 Å². The number of carbonyl (C=O) groups is 1. The second-order valence-corrected chi connectivity index (χ2v) is 5.30. The quantitative estimate of drug-likeness (QED) is 0.795. The number of hydrogen-bond acceptors (Lipinski definition) is 5. The summed E-state index contributed by atoms with van der Waals surface area (Å²) in [4.78, 5) is 28.0. The lowest BCUT2D eigenvalue weighted by molar-refractivity contribution is 0.168. The molecule has 134 valence electrons. The Bertz CT molecular complexity index is 758. The predicted octanol–water partition coefficient (Wildman–Crippen LogP) is 1.69. The second kappa shape index (κ2) is 8.84. The van der Waals surface area contributed by atoms with Gasteiger partial charge in [0, 0.05) is 26.6 Å². The van der Waals surface area contributed by atoms with Crippen molar-refractivity contribution in [3.63, 3.8) is 0 Å². The highest BCUT2D eigenvalue weighted by atomic mass is 16.5. The predicted molar refractivity (Wildman–Crippen MR) is 93.9 cm³/mol. The van der Waals surface area contributed by atoms with Gasteiger partial charge in [-0.3, -0.25) is 10.1 Å². The van der Waals surface area contributed by atoms with Gasteiger partial charge in [-0.15, -0.1) is 0 Å². The highest BCUT2D eigenvalue weighted by Crippen LogP contribution is 2.18. The van der Waals surface area contributed by atoms with E-state index in [9.17, 15) is 9.59 Å². The van der Waals surface area contributed by atoms with Crippen LogP contribution in [0.4, 0.5) is 10.6 Å². The van der Waals surface area contributed by atoms with E-state index < -0.39 is 6.03 Å². The summed E-state index contributed by atoms with van der Waals surface area (Å²) in [6, 6.07) is 6.45. The molecule has 0 radical (unpaired) electrons. The first-order valence-electron chi connectivity index (χ1n) is 7.86. The van der Waals surface area contributed by atoms with Crippen molar-refractivity contribution in [2.75, 3.05) is 25.6 Å². The number of benzene rings is 1. The van der Waals surface area contributed by atoms with Gasteiger partial charge in [0.2, 0.25) is 5.82 Å². The number of urea groups is 1. The maximum absolute atomic E-state index is 12.2. The summed E-state index contributed by atoms with van der Waals surface area (Å²) < 4.78 is 11.9. The number of carbonyl (C=O) groups excluding carboxylic acids is 1. The fourth-order valence-corrected chi connectivity index (χ4v) is 2.24. The standard InChI is InChI=1S/C17H22N4O4/c1-4-25-13-7-5-12(6-8-13)14(11-24-3)19-17(23)20-15-16(22)21(2)10-9-18-15/h5-10,14H,4,11H2,1-3H3,(H2,18,19,20,23)/t14-/m1/s1. The van der Waals surface area contributed by atoms with Crippen molar-refractivity contribution in [3.05, 3.63) is 52.6 Å². The number of nitrogens with one attached hydrogen (secondary N) is 2. The lowest BCUT2D eigenvalue weighted by Crippen LogP contribution is -2.37. The van der Waals surface area contributed by atoms with Crippen LogP contribution in [0.2, 0.25) is 0 Å². The molecule has 0 unspecified atom stereocenters. The Morgan fingerprint density at radius 1 is 1.32 bits per heavy atom. The van der Waals surface area contributed by atoms with Crippen molar-refractivity contribution in [3.8, 4) is 5.75 Å². The van der Waals surface area contributed by atoms with Crippen LogP contribution in [0, 0.1) is 0 Å². The van der Waals surface area contributed by atoms with E-state index in [1.54, 1.807) is 14.2 Å². The molecular weight excluding hydrogens is 324 g/mol. The van der Waals surface area contributed by atoms with Gasteiger partial charge in [-0.1, -0.05) is 12.1 Å². The first-order chi connectivity index (χ1) is 12.0. The van der Waals surface area contributed by atoms with Gasteiger partial charge in [-0.2, -0.15) is 0 Å². The smallest absolute Gasteiger partial charge is 0.321 e. The Balaban J connectivity index is 2.08. The molecule has 2 rings (SSSR count). The average molecular weight is 346 g/mol. The lowest BCUT2D eigenvalue weighted by atomic mass is 10.1. The summed E-state index contributed by atoms with van der Waals surface area (Å²) in [7, 11) is 3.14. The molecular formula is C17H22N4O4. The van der Waals surface area contributed by atoms with Gasteiger partial charge < -0.3 is 19.4 Å². The number of aromatic nitrogens is 2. The molecule has 0 fully saturated rings. The monoisotopic (exact) mass is 346 g/mol. The first-order valence-corrected chi connectivity index (χ1v) is 7.86. The minimum Gasteiger partial charge on any atom is -0.494 e. The Morgan fingerprint density at radius 3 is 2.68 bits per heavy atom. The van der Waals surface area contributed by atoms with E-state index in [-0.39, 0.29) is 24.0 Å². The number of ether oxygens (including phenoxy) is 2. The summed E-state index contributed by atoms with van der Waals surface area (Å²) in [5.41, 5.74) is 0.469. The van der Waals surface area contributed by atoms with Crippen LogP contribution in [-0.4, -0.2) is 35.9 Å². The van der Waals surface area contributed by atoms with Crippen molar-refractivity contribution >= 4 is 11.8 Å². The minimum atomic E-state index is -0.535. The highest BCUT2D eigenvalue weighted by Gasteiger charge is 2.16. The molecule has 0 saturated carbocycles. The average Bonchev–Trinajstić information content (AvgIpc) is 2.60. The molecule has 0 saturated heterocycles. The largest absolute Gasteiger partial charge is 0.494 e. The third-order valence-electron chi connectivity index (χ3n) is 3.48. The second-order valence-electron chi connectivity index (χ2n) is 5.30. The first kappa shape index (κ1) is 18.5. The van der Waals surface area contributed by atoms with Crippen LogP contribution < -0.4 is 20.9 Å². The Morgan fingerprint density at radius 2 is 2.04 bits per heavy atom. The van der Waals surface area contributed by atoms with Crippen molar-refractivity contribution < 1.29 is 14.3 Å². The van der Waals surface area contributed by atoms with Gasteiger partial charge in [-0.05, 0) is 24.6 Å². The number of nitrogens with zero attached hydrogens (tertiary/aromatic N) is 2. The Labute approximate surface area is 145 Å². The minimum absolute atomic E-state index is 0.0367. The SMILES string of the molecule is CCOc1ccc([C@@H](COC)NC(=O)Nc2nccn(C)c2=O)cc1. The Hall–Kier alpha value is -2.87. The van der Waals surface area contributed by atoms with E-state index >= 15 is 0 Å². The summed E-state index contributed by atoms with van der Waals surface area (Å²) in [5.74, 6) is 0.717. The number of amides is 2. The van der Waals surface area contributed by atoms with Gasteiger partial charge in [0.05, 0.1) is 19.3 Å². The molecule has 0 bridgehead atoms. The molecule has 1 heterocycles. The maximum atomic E-state index is 12.2. The van der Waals surface area contributed by atoms with Crippen LogP contribution in [-0.2, 0) is 11.8 Å². The zero-order valence-corrected chi connectivity index (χ0v) is 14.5. The van der Waals surface area contributed by atoms with Gasteiger partial charge >= 0.3 is 6.03 Å². The Kier molecular flexibility index (Phi) is 6.53. The molecule has 0 aliphatic heterocycles. The third-order valence-corrected chi connectivity index (χ3v) is 3.48. The van der Waals surface area contributed by atoms with Crippen molar-refractivity contribution in [1.82, 2.24) is 14.9 Å². The molecule has 2 amide bonds. The normalized spacial score (nSPS) is 11.6. The molecule has 0 aliphatic carbocycles. The summed E-state index contributed by atoms with van der Waals surface area (Å²) in [6.45, 7) is 2.78. The van der Waals surface area contributed by atoms with Crippen molar-refractivity contribution in [2.45, 2.75) is 13.0 Å². The van der Waals surface area contributed by atoms with Gasteiger partial charge in [0.25, 0.3) is 5.56 Å². The van der Waals surface area contributed by atoms with Crippen LogP contribution in [0.1, 0.15) is 18.5 Å². The summed E-state index contributed by atoms with van der Waals surface area (Å²) >= 11 is 0. The molecule has 1 aromatic carbocycles. The number of hydrogen-bond donors (Lipinski definition) is 2. The number of aryl methyl sites for hydroxylation is 1. The van der Waals surface area contributed by atoms with Crippen LogP contribution in [0.25, 0.3) is 0 Å². The molecule has 8 nitrogen and oxygen atoms in total. The zero-order chi connectivity index (χ0) is 18.2. The highest BCUT2D eigenvalue weighted by molar-refractivity contribution is 5.88. The third kappa shape index (κ3) is 5.05. The molecule has 0 spiro atoms. The molecule has 25 heavy (non-hydrogen) atoms. The van der Waals surface area contributed by atoms with Crippen LogP contribution in [0.3, 0.4) is 0 Å². The van der Waals surface area contributed by atoms with Crippen molar-refractivity contribution in [1.29, 1.82) is 0 Å². The van der Waals surface area contributed by atoms with Crippen molar-refractivity contribution in [2.24, 2.45) is 7.05 Å². The van der Waals surface area contributed by atoms with E-state index in [0.29, 0.717) is 6.61 Å². The summed E-state index contributed by atoms with van der Waals surface area (Å²) in [5, 5.41) is 5.24.